The second-order valence-corrected chi connectivity index (χ2v) is 14.8. The quantitative estimate of drug-likeness (QED) is 0.163. The maximum atomic E-state index is 12.7. The van der Waals surface area contributed by atoms with E-state index in [0.717, 1.165) is 11.0 Å². The van der Waals surface area contributed by atoms with Gasteiger partial charge in [0.1, 0.15) is 21.3 Å². The van der Waals surface area contributed by atoms with E-state index in [2.05, 4.69) is 19.6 Å². The van der Waals surface area contributed by atoms with E-state index >= 15 is 0 Å². The van der Waals surface area contributed by atoms with Crippen LogP contribution in [0.1, 0.15) is 0 Å². The van der Waals surface area contributed by atoms with Gasteiger partial charge in [-0.25, -0.2) is 16.8 Å². The van der Waals surface area contributed by atoms with Gasteiger partial charge in [0.05, 0.1) is 56.1 Å². The molecule has 2 aromatic heterocycles. The first kappa shape index (κ1) is 35.4. The first-order valence-corrected chi connectivity index (χ1v) is 18.1. The van der Waals surface area contributed by atoms with Crippen LogP contribution in [-0.2, 0) is 34.1 Å². The lowest BCUT2D eigenvalue weighted by Crippen LogP contribution is -2.14. The molecular weight excluding hydrogens is 746 g/mol. The van der Waals surface area contributed by atoms with Crippen molar-refractivity contribution in [3.05, 3.63) is 92.9 Å². The summed E-state index contributed by atoms with van der Waals surface area (Å²) in [6.07, 6.45) is 0. The molecule has 0 aliphatic rings. The Bertz CT molecular complexity index is 2230. The van der Waals surface area contributed by atoms with Crippen molar-refractivity contribution in [1.82, 2.24) is 19.6 Å². The van der Waals surface area contributed by atoms with Gasteiger partial charge in [0, 0.05) is 14.1 Å². The number of sulfonamides is 2. The Morgan fingerprint density at radius 3 is 1.29 bits per heavy atom. The predicted molar refractivity (Wildman–Crippen MR) is 189 cm³/mol. The van der Waals surface area contributed by atoms with Crippen molar-refractivity contribution in [1.29, 1.82) is 0 Å². The topological polar surface area (TPSA) is 146 Å². The molecule has 0 fully saturated rings. The number of aromatic nitrogens is 4. The van der Waals surface area contributed by atoms with Crippen LogP contribution in [0.5, 0.6) is 11.5 Å². The second-order valence-electron chi connectivity index (χ2n) is 9.97. The van der Waals surface area contributed by atoms with Crippen molar-refractivity contribution in [2.45, 2.75) is 9.79 Å². The maximum Gasteiger partial charge on any atom is 0.264 e. The minimum Gasteiger partial charge on any atom is -0.496 e. The largest absolute Gasteiger partial charge is 0.496 e. The van der Waals surface area contributed by atoms with E-state index < -0.39 is 20.0 Å². The molecule has 4 aromatic carbocycles. The highest BCUT2D eigenvalue weighted by Gasteiger charge is 2.25. The lowest BCUT2D eigenvalue weighted by Gasteiger charge is -2.09. The molecule has 6 aromatic rings. The summed E-state index contributed by atoms with van der Waals surface area (Å²) in [6, 6.07) is 19.5. The summed E-state index contributed by atoms with van der Waals surface area (Å²) in [5, 5.41) is 9.81. The van der Waals surface area contributed by atoms with E-state index in [1.165, 1.54) is 50.6 Å². The minimum absolute atomic E-state index is 0.0427. The summed E-state index contributed by atoms with van der Waals surface area (Å²) in [5.74, 6) is 1.33. The summed E-state index contributed by atoms with van der Waals surface area (Å²) in [7, 11) is -1.49. The minimum atomic E-state index is -3.97. The van der Waals surface area contributed by atoms with Crippen LogP contribution in [-0.4, -0.2) is 50.6 Å². The van der Waals surface area contributed by atoms with E-state index in [1.807, 2.05) is 12.1 Å². The molecule has 0 unspecified atom stereocenters. The van der Waals surface area contributed by atoms with Gasteiger partial charge in [-0.15, -0.1) is 0 Å². The molecule has 0 amide bonds. The number of methoxy groups -OCH3 is 2. The average Bonchev–Trinajstić information content (AvgIpc) is 3.54. The van der Waals surface area contributed by atoms with Crippen LogP contribution in [0.3, 0.4) is 0 Å². The molecule has 0 bridgehead atoms. The normalized spacial score (nSPS) is 11.7. The fourth-order valence-corrected chi connectivity index (χ4v) is 8.34. The van der Waals surface area contributed by atoms with Gasteiger partial charge in [-0.3, -0.25) is 18.8 Å². The number of anilines is 2. The zero-order chi connectivity index (χ0) is 35.0. The first-order chi connectivity index (χ1) is 22.7. The zero-order valence-electron chi connectivity index (χ0n) is 25.5. The summed E-state index contributed by atoms with van der Waals surface area (Å²) in [5.41, 5.74) is 1.45. The molecule has 0 saturated heterocycles. The molecule has 2 N–H and O–H groups in total. The van der Waals surface area contributed by atoms with Crippen molar-refractivity contribution in [2.75, 3.05) is 23.7 Å². The number of fused-ring (bicyclic) bond motifs is 2. The van der Waals surface area contributed by atoms with Gasteiger partial charge < -0.3 is 9.47 Å². The van der Waals surface area contributed by atoms with Crippen LogP contribution in [0.15, 0.2) is 82.6 Å². The highest BCUT2D eigenvalue weighted by Crippen LogP contribution is 2.36. The number of hydrogen-bond donors (Lipinski definition) is 2. The van der Waals surface area contributed by atoms with Crippen molar-refractivity contribution < 1.29 is 26.3 Å². The van der Waals surface area contributed by atoms with Gasteiger partial charge in [0.15, 0.2) is 11.6 Å². The average molecular weight is 773 g/mol. The number of halogens is 4. The molecule has 48 heavy (non-hydrogen) atoms. The first-order valence-electron chi connectivity index (χ1n) is 13.6. The van der Waals surface area contributed by atoms with Crippen LogP contribution in [0.2, 0.25) is 20.1 Å². The van der Waals surface area contributed by atoms with Crippen LogP contribution < -0.4 is 18.9 Å². The number of rotatable bonds is 8. The third-order valence-corrected chi connectivity index (χ3v) is 11.6. The van der Waals surface area contributed by atoms with Gasteiger partial charge in [-0.2, -0.15) is 10.2 Å². The van der Waals surface area contributed by atoms with Gasteiger partial charge >= 0.3 is 0 Å². The highest BCUT2D eigenvalue weighted by atomic mass is 35.5. The molecule has 12 nitrogen and oxygen atoms in total. The Labute approximate surface area is 296 Å². The molecule has 0 spiro atoms. The summed E-state index contributed by atoms with van der Waals surface area (Å²) >= 11 is 23.9. The molecule has 6 rings (SSSR count). The smallest absolute Gasteiger partial charge is 0.264 e. The lowest BCUT2D eigenvalue weighted by atomic mass is 10.2. The van der Waals surface area contributed by atoms with Gasteiger partial charge in [-0.1, -0.05) is 70.7 Å². The van der Waals surface area contributed by atoms with E-state index in [0.29, 0.717) is 22.3 Å². The fraction of sp³-hybridized carbons (Fsp3) is 0.133. The Balaban J connectivity index is 0.000000188. The third kappa shape index (κ3) is 6.81. The summed E-state index contributed by atoms with van der Waals surface area (Å²) in [6.45, 7) is 0. The molecule has 0 atom stereocenters. The highest BCUT2D eigenvalue weighted by molar-refractivity contribution is 7.93. The number of nitrogens with zero attached hydrogens (tertiary/aromatic N) is 4. The lowest BCUT2D eigenvalue weighted by molar-refractivity contribution is 0.420. The standard InChI is InChI=1S/2C15H13Cl2N3O3S/c2*1-20-10-6-4-7-11(23-2)13(10)15(18-20)19-24(21,22)12-8-3-5-9(16)14(12)17/h2*3-8H,1-2H3,(H,18,19). The van der Waals surface area contributed by atoms with E-state index in [1.54, 1.807) is 47.7 Å². The third-order valence-electron chi connectivity index (χ3n) is 6.99. The molecular formula is C30H26Cl4N6O6S2. The number of nitrogens with one attached hydrogen (secondary N) is 2. The van der Waals surface area contributed by atoms with Crippen molar-refractivity contribution >= 4 is 99.9 Å². The number of aryl methyl sites for hydroxylation is 2. The molecule has 2 heterocycles. The van der Waals surface area contributed by atoms with Crippen LogP contribution in [0.25, 0.3) is 21.8 Å². The maximum absolute atomic E-state index is 12.7. The number of benzene rings is 4. The SMILES string of the molecule is COc1cccc2c1c(NS(=O)(=O)c1cccc(Cl)c1Cl)nn2C.COc1cccc2c1c(NS(=O)(=O)c1cccc(Cl)c1Cl)nn2C. The van der Waals surface area contributed by atoms with Crippen LogP contribution >= 0.6 is 46.4 Å². The predicted octanol–water partition coefficient (Wildman–Crippen LogP) is 7.38. The van der Waals surface area contributed by atoms with Gasteiger partial charge in [0.25, 0.3) is 20.0 Å². The van der Waals surface area contributed by atoms with Gasteiger partial charge in [-0.05, 0) is 48.5 Å². The molecule has 0 aliphatic heterocycles. The Hall–Kier alpha value is -3.92. The summed E-state index contributed by atoms with van der Waals surface area (Å²) < 4.78 is 69.4. The Kier molecular flexibility index (Phi) is 10.2. The number of hydrogen-bond acceptors (Lipinski definition) is 8. The van der Waals surface area contributed by atoms with E-state index in [9.17, 15) is 16.8 Å². The zero-order valence-corrected chi connectivity index (χ0v) is 30.2. The van der Waals surface area contributed by atoms with Crippen LogP contribution in [0.4, 0.5) is 11.6 Å². The molecule has 0 radical (unpaired) electrons. The Morgan fingerprint density at radius 2 is 0.938 bits per heavy atom. The number of ether oxygens (including phenoxy) is 2. The van der Waals surface area contributed by atoms with Crippen molar-refractivity contribution in [3.8, 4) is 11.5 Å². The fourth-order valence-electron chi connectivity index (χ4n) is 4.79. The monoisotopic (exact) mass is 770 g/mol. The molecule has 0 saturated carbocycles. The molecule has 18 heteroatoms. The van der Waals surface area contributed by atoms with Crippen LogP contribution in [0, 0.1) is 0 Å². The second kappa shape index (κ2) is 13.9. The van der Waals surface area contributed by atoms with E-state index in [4.69, 9.17) is 55.9 Å². The molecule has 252 valence electrons. The van der Waals surface area contributed by atoms with Crippen molar-refractivity contribution in [2.24, 2.45) is 14.1 Å². The van der Waals surface area contributed by atoms with E-state index in [-0.39, 0.29) is 41.5 Å². The summed E-state index contributed by atoms with van der Waals surface area (Å²) in [4.78, 5) is -0.240. The Morgan fingerprint density at radius 1 is 0.583 bits per heavy atom. The van der Waals surface area contributed by atoms with Gasteiger partial charge in [0.2, 0.25) is 0 Å². The molecule has 0 aliphatic carbocycles. The van der Waals surface area contributed by atoms with Crippen molar-refractivity contribution in [3.63, 3.8) is 0 Å².